The van der Waals surface area contributed by atoms with E-state index in [-0.39, 0.29) is 24.7 Å². The zero-order valence-corrected chi connectivity index (χ0v) is 16.2. The summed E-state index contributed by atoms with van der Waals surface area (Å²) in [6.45, 7) is 2.85. The number of fused-ring (bicyclic) bond motifs is 1. The van der Waals surface area contributed by atoms with Crippen molar-refractivity contribution in [2.24, 2.45) is 0 Å². The van der Waals surface area contributed by atoms with Crippen molar-refractivity contribution in [2.45, 2.75) is 37.5 Å². The number of rotatable bonds is 3. The van der Waals surface area contributed by atoms with Crippen LogP contribution in [0, 0.1) is 0 Å². The van der Waals surface area contributed by atoms with E-state index in [4.69, 9.17) is 4.74 Å². The minimum atomic E-state index is -4.52. The molecule has 4 atom stereocenters. The number of hydrogen-bond acceptors (Lipinski definition) is 5. The molecule has 1 aromatic heterocycles. The fourth-order valence-electron chi connectivity index (χ4n) is 4.02. The van der Waals surface area contributed by atoms with Gasteiger partial charge in [0, 0.05) is 36.9 Å². The van der Waals surface area contributed by atoms with Crippen LogP contribution in [-0.2, 0) is 15.7 Å². The summed E-state index contributed by atoms with van der Waals surface area (Å²) in [6.07, 6.45) is -5.58. The molecule has 0 radical (unpaired) electrons. The Hall–Kier alpha value is -2.46. The SMILES string of the molecule is CC1CN(c2ccc(C(F)(F)F)c3ncccc23)CC(C(=O)NC2CNCC2F)O1. The zero-order valence-electron chi connectivity index (χ0n) is 16.2. The van der Waals surface area contributed by atoms with Crippen LogP contribution in [0.1, 0.15) is 12.5 Å². The van der Waals surface area contributed by atoms with Gasteiger partial charge in [-0.05, 0) is 31.2 Å². The van der Waals surface area contributed by atoms with E-state index in [1.54, 1.807) is 19.1 Å². The minimum Gasteiger partial charge on any atom is -0.365 e. The van der Waals surface area contributed by atoms with Gasteiger partial charge in [0.2, 0.25) is 0 Å². The highest BCUT2D eigenvalue weighted by Crippen LogP contribution is 2.38. The second kappa shape index (κ2) is 7.99. The molecule has 1 aromatic carbocycles. The van der Waals surface area contributed by atoms with Gasteiger partial charge in [-0.25, -0.2) is 4.39 Å². The first kappa shape index (κ1) is 20.8. The van der Waals surface area contributed by atoms with Crippen LogP contribution in [0.15, 0.2) is 30.5 Å². The van der Waals surface area contributed by atoms with Crippen molar-refractivity contribution < 1.29 is 27.1 Å². The highest BCUT2D eigenvalue weighted by Gasteiger charge is 2.37. The van der Waals surface area contributed by atoms with E-state index in [0.717, 1.165) is 6.07 Å². The number of benzene rings is 1. The number of pyridine rings is 1. The first-order valence-electron chi connectivity index (χ1n) is 9.74. The van der Waals surface area contributed by atoms with Crippen molar-refractivity contribution in [1.29, 1.82) is 0 Å². The number of carbonyl (C=O) groups excluding carboxylic acids is 1. The molecule has 2 aliphatic heterocycles. The number of nitrogens with one attached hydrogen (secondary N) is 2. The molecule has 0 spiro atoms. The third kappa shape index (κ3) is 4.06. The summed E-state index contributed by atoms with van der Waals surface area (Å²) in [5.74, 6) is -0.433. The number of morpholine rings is 1. The van der Waals surface area contributed by atoms with Gasteiger partial charge in [0.25, 0.3) is 5.91 Å². The van der Waals surface area contributed by atoms with Crippen molar-refractivity contribution >= 4 is 22.5 Å². The number of anilines is 1. The number of nitrogens with zero attached hydrogens (tertiary/aromatic N) is 2. The number of halogens is 4. The summed E-state index contributed by atoms with van der Waals surface area (Å²) in [5, 5.41) is 5.89. The molecule has 0 aliphatic carbocycles. The molecule has 0 bridgehead atoms. The van der Waals surface area contributed by atoms with Crippen LogP contribution in [0.2, 0.25) is 0 Å². The van der Waals surface area contributed by atoms with Crippen LogP contribution in [0.25, 0.3) is 10.9 Å². The number of alkyl halides is 4. The Kier molecular flexibility index (Phi) is 5.54. The summed E-state index contributed by atoms with van der Waals surface area (Å²) in [4.78, 5) is 18.4. The van der Waals surface area contributed by atoms with E-state index in [1.807, 2.05) is 4.90 Å². The Morgan fingerprint density at radius 2 is 2.07 bits per heavy atom. The lowest BCUT2D eigenvalue weighted by Crippen LogP contribution is -2.55. The molecule has 2 aliphatic rings. The molecule has 2 N–H and O–H groups in total. The van der Waals surface area contributed by atoms with E-state index < -0.39 is 36.0 Å². The third-order valence-electron chi connectivity index (χ3n) is 5.41. The average molecular weight is 426 g/mol. The summed E-state index contributed by atoms with van der Waals surface area (Å²) < 4.78 is 59.7. The minimum absolute atomic E-state index is 0.139. The molecule has 2 fully saturated rings. The van der Waals surface area contributed by atoms with Crippen molar-refractivity contribution in [2.75, 3.05) is 31.1 Å². The van der Waals surface area contributed by atoms with Crippen molar-refractivity contribution in [3.63, 3.8) is 0 Å². The van der Waals surface area contributed by atoms with E-state index in [0.29, 0.717) is 24.2 Å². The molecule has 2 saturated heterocycles. The molecule has 30 heavy (non-hydrogen) atoms. The number of hydrogen-bond donors (Lipinski definition) is 2. The van der Waals surface area contributed by atoms with Gasteiger partial charge in [-0.3, -0.25) is 9.78 Å². The largest absolute Gasteiger partial charge is 0.418 e. The van der Waals surface area contributed by atoms with Gasteiger partial charge in [-0.15, -0.1) is 0 Å². The monoisotopic (exact) mass is 426 g/mol. The standard InChI is InChI=1S/C20H22F4N4O2/c1-11-9-28(10-17(30-11)19(29)27-15-8-25-7-14(15)21)16-5-4-13(20(22,23)24)18-12(16)3-2-6-26-18/h2-6,11,14-15,17,25H,7-10H2,1H3,(H,27,29). The Bertz CT molecular complexity index is 939. The summed E-state index contributed by atoms with van der Waals surface area (Å²) in [7, 11) is 0. The molecular weight excluding hydrogens is 404 g/mol. The molecule has 162 valence electrons. The molecule has 1 amide bonds. The Morgan fingerprint density at radius 3 is 2.77 bits per heavy atom. The Labute approximate surface area is 170 Å². The molecule has 4 unspecified atom stereocenters. The molecule has 4 rings (SSSR count). The highest BCUT2D eigenvalue weighted by molar-refractivity contribution is 5.94. The highest BCUT2D eigenvalue weighted by atomic mass is 19.4. The fraction of sp³-hybridized carbons (Fsp3) is 0.500. The summed E-state index contributed by atoms with van der Waals surface area (Å²) >= 11 is 0. The average Bonchev–Trinajstić information content (AvgIpc) is 3.10. The fourth-order valence-corrected chi connectivity index (χ4v) is 4.02. The van der Waals surface area contributed by atoms with Gasteiger partial charge >= 0.3 is 6.18 Å². The Morgan fingerprint density at radius 1 is 1.27 bits per heavy atom. The van der Waals surface area contributed by atoms with E-state index in [9.17, 15) is 22.4 Å². The van der Waals surface area contributed by atoms with Gasteiger partial charge in [0.05, 0.1) is 29.8 Å². The molecule has 0 saturated carbocycles. The first-order valence-corrected chi connectivity index (χ1v) is 9.74. The topological polar surface area (TPSA) is 66.5 Å². The molecule has 10 heteroatoms. The van der Waals surface area contributed by atoms with Crippen LogP contribution < -0.4 is 15.5 Å². The van der Waals surface area contributed by atoms with Gasteiger partial charge in [0.1, 0.15) is 6.17 Å². The quantitative estimate of drug-likeness (QED) is 0.738. The smallest absolute Gasteiger partial charge is 0.365 e. The van der Waals surface area contributed by atoms with Crippen LogP contribution in [-0.4, -0.2) is 61.5 Å². The van der Waals surface area contributed by atoms with Gasteiger partial charge in [-0.2, -0.15) is 13.2 Å². The van der Waals surface area contributed by atoms with E-state index >= 15 is 0 Å². The van der Waals surface area contributed by atoms with Crippen LogP contribution in [0.5, 0.6) is 0 Å². The molecule has 6 nitrogen and oxygen atoms in total. The maximum Gasteiger partial charge on any atom is 0.418 e. The van der Waals surface area contributed by atoms with Crippen molar-refractivity contribution in [1.82, 2.24) is 15.6 Å². The zero-order chi connectivity index (χ0) is 21.5. The van der Waals surface area contributed by atoms with Gasteiger partial charge < -0.3 is 20.3 Å². The number of aromatic nitrogens is 1. The normalized spacial score (nSPS) is 27.4. The number of carbonyl (C=O) groups is 1. The molecular formula is C20H22F4N4O2. The first-order chi connectivity index (χ1) is 14.2. The third-order valence-corrected chi connectivity index (χ3v) is 5.41. The molecule has 2 aromatic rings. The predicted molar refractivity (Wildman–Crippen MR) is 103 cm³/mol. The van der Waals surface area contributed by atoms with E-state index in [1.165, 1.54) is 12.3 Å². The van der Waals surface area contributed by atoms with Gasteiger partial charge in [-0.1, -0.05) is 0 Å². The van der Waals surface area contributed by atoms with Crippen LogP contribution in [0.3, 0.4) is 0 Å². The second-order valence-corrected chi connectivity index (χ2v) is 7.66. The lowest BCUT2D eigenvalue weighted by Gasteiger charge is -2.38. The van der Waals surface area contributed by atoms with Gasteiger partial charge in [0.15, 0.2) is 6.10 Å². The number of amides is 1. The van der Waals surface area contributed by atoms with Crippen molar-refractivity contribution in [3.05, 3.63) is 36.0 Å². The second-order valence-electron chi connectivity index (χ2n) is 7.66. The predicted octanol–water partition coefficient (Wildman–Crippen LogP) is 2.27. The molecule has 3 heterocycles. The maximum atomic E-state index is 13.8. The van der Waals surface area contributed by atoms with E-state index in [2.05, 4.69) is 15.6 Å². The lowest BCUT2D eigenvalue weighted by atomic mass is 10.0. The maximum absolute atomic E-state index is 13.8. The lowest BCUT2D eigenvalue weighted by molar-refractivity contribution is -0.138. The summed E-state index contributed by atoms with van der Waals surface area (Å²) in [6, 6.07) is 4.95. The Balaban J connectivity index is 1.61. The van der Waals surface area contributed by atoms with Crippen LogP contribution in [0.4, 0.5) is 23.2 Å². The van der Waals surface area contributed by atoms with Crippen LogP contribution >= 0.6 is 0 Å². The summed E-state index contributed by atoms with van der Waals surface area (Å²) in [5.41, 5.74) is -0.398. The number of ether oxygens (including phenoxy) is 1. The van der Waals surface area contributed by atoms with Crippen molar-refractivity contribution in [3.8, 4) is 0 Å².